The van der Waals surface area contributed by atoms with Crippen molar-refractivity contribution in [2.45, 2.75) is 58.4 Å². The fraction of sp³-hybridized carbons (Fsp3) is 0.576. The van der Waals surface area contributed by atoms with Crippen LogP contribution < -0.4 is 4.74 Å². The fourth-order valence-corrected chi connectivity index (χ4v) is 6.73. The second-order valence-corrected chi connectivity index (χ2v) is 12.2. The van der Waals surface area contributed by atoms with E-state index in [0.29, 0.717) is 29.8 Å². The van der Waals surface area contributed by atoms with E-state index in [1.165, 1.54) is 32.5 Å². The standard InChI is InChI=1S/C33H42N6O3/c1-24-20-27(4-5-29(24)42-19-11-25-9-17-41-18-10-25)32-28-8-16-39(33(28)36-30(21-34)35-32)23-31(40)38-14-6-26(7-15-38)22-37-12-2-3-13-37/h4-5,8,16,20,25-26H,2-3,6-7,9-15,17-19,22-23H2,1H3. The molecule has 0 unspecified atom stereocenters. The van der Waals surface area contributed by atoms with Crippen LogP contribution in [0.1, 0.15) is 56.3 Å². The number of nitriles is 1. The molecule has 3 saturated heterocycles. The van der Waals surface area contributed by atoms with Crippen molar-refractivity contribution >= 4 is 16.9 Å². The third kappa shape index (κ3) is 6.61. The lowest BCUT2D eigenvalue weighted by Gasteiger charge is -2.34. The molecule has 2 aromatic heterocycles. The maximum atomic E-state index is 13.3. The Morgan fingerprint density at radius 3 is 2.57 bits per heavy atom. The van der Waals surface area contributed by atoms with Crippen molar-refractivity contribution in [3.8, 4) is 23.1 Å². The lowest BCUT2D eigenvalue weighted by Crippen LogP contribution is -2.42. The first-order valence-electron chi connectivity index (χ1n) is 15.7. The van der Waals surface area contributed by atoms with E-state index in [9.17, 15) is 10.1 Å². The van der Waals surface area contributed by atoms with E-state index in [0.717, 1.165) is 80.7 Å². The summed E-state index contributed by atoms with van der Waals surface area (Å²) in [4.78, 5) is 27.0. The summed E-state index contributed by atoms with van der Waals surface area (Å²) in [6, 6.07) is 10.1. The zero-order chi connectivity index (χ0) is 28.9. The highest BCUT2D eigenvalue weighted by Crippen LogP contribution is 2.31. The molecule has 0 bridgehead atoms. The van der Waals surface area contributed by atoms with Gasteiger partial charge in [-0.1, -0.05) is 0 Å². The molecule has 1 amide bonds. The number of benzene rings is 1. The van der Waals surface area contributed by atoms with Gasteiger partial charge in [0.05, 0.1) is 12.3 Å². The maximum Gasteiger partial charge on any atom is 0.242 e. The number of ether oxygens (including phenoxy) is 2. The lowest BCUT2D eigenvalue weighted by atomic mass is 9.96. The SMILES string of the molecule is Cc1cc(-c2nc(C#N)nc3c2ccn3CC(=O)N2CCC(CN3CCCC3)CC2)ccc1OCCC1CCOCC1. The number of nitrogens with zero attached hydrogens (tertiary/aromatic N) is 6. The third-order valence-corrected chi connectivity index (χ3v) is 9.28. The van der Waals surface area contributed by atoms with Gasteiger partial charge < -0.3 is 23.8 Å². The number of hydrogen-bond donors (Lipinski definition) is 0. The Morgan fingerprint density at radius 1 is 1.05 bits per heavy atom. The van der Waals surface area contributed by atoms with Crippen LogP contribution in [0.15, 0.2) is 30.5 Å². The quantitative estimate of drug-likeness (QED) is 0.364. The van der Waals surface area contributed by atoms with Gasteiger partial charge in [0.15, 0.2) is 0 Å². The van der Waals surface area contributed by atoms with Crippen molar-refractivity contribution in [2.24, 2.45) is 11.8 Å². The number of aromatic nitrogens is 3. The Hall–Kier alpha value is -3.48. The van der Waals surface area contributed by atoms with Gasteiger partial charge >= 0.3 is 0 Å². The number of likely N-dealkylation sites (tertiary alicyclic amines) is 2. The molecule has 9 nitrogen and oxygen atoms in total. The zero-order valence-corrected chi connectivity index (χ0v) is 24.8. The van der Waals surface area contributed by atoms with E-state index in [1.54, 1.807) is 0 Å². The molecule has 1 aromatic carbocycles. The highest BCUT2D eigenvalue weighted by atomic mass is 16.5. The molecule has 222 valence electrons. The van der Waals surface area contributed by atoms with Gasteiger partial charge in [-0.15, -0.1) is 0 Å². The Balaban J connectivity index is 1.12. The third-order valence-electron chi connectivity index (χ3n) is 9.28. The lowest BCUT2D eigenvalue weighted by molar-refractivity contribution is -0.133. The highest BCUT2D eigenvalue weighted by molar-refractivity contribution is 5.92. The van der Waals surface area contributed by atoms with Gasteiger partial charge in [0.2, 0.25) is 11.7 Å². The van der Waals surface area contributed by atoms with Gasteiger partial charge in [0.1, 0.15) is 24.0 Å². The maximum absolute atomic E-state index is 13.3. The second kappa shape index (κ2) is 13.2. The first kappa shape index (κ1) is 28.6. The molecule has 0 N–H and O–H groups in total. The number of hydrogen-bond acceptors (Lipinski definition) is 7. The summed E-state index contributed by atoms with van der Waals surface area (Å²) in [6.45, 7) is 9.87. The van der Waals surface area contributed by atoms with Gasteiger partial charge in [0, 0.05) is 50.0 Å². The Bertz CT molecular complexity index is 1430. The number of fused-ring (bicyclic) bond motifs is 1. The normalized spacial score (nSPS) is 18.9. The molecule has 0 spiro atoms. The monoisotopic (exact) mass is 570 g/mol. The van der Waals surface area contributed by atoms with Gasteiger partial charge in [0.25, 0.3) is 0 Å². The number of carbonyl (C=O) groups excluding carboxylic acids is 1. The molecule has 0 saturated carbocycles. The minimum absolute atomic E-state index is 0.0991. The van der Waals surface area contributed by atoms with E-state index in [2.05, 4.69) is 27.0 Å². The number of aryl methyl sites for hydroxylation is 1. The van der Waals surface area contributed by atoms with Crippen molar-refractivity contribution < 1.29 is 14.3 Å². The molecular formula is C33H42N6O3. The fourth-order valence-electron chi connectivity index (χ4n) is 6.73. The van der Waals surface area contributed by atoms with Crippen LogP contribution in [0.4, 0.5) is 0 Å². The number of carbonyl (C=O) groups is 1. The van der Waals surface area contributed by atoms with Crippen LogP contribution in [0, 0.1) is 30.1 Å². The molecule has 42 heavy (non-hydrogen) atoms. The van der Waals surface area contributed by atoms with E-state index < -0.39 is 0 Å². The van der Waals surface area contributed by atoms with E-state index in [4.69, 9.17) is 9.47 Å². The Morgan fingerprint density at radius 2 is 1.83 bits per heavy atom. The molecule has 3 aliphatic rings. The van der Waals surface area contributed by atoms with Crippen LogP contribution in [0.3, 0.4) is 0 Å². The molecule has 0 atom stereocenters. The molecule has 0 radical (unpaired) electrons. The van der Waals surface area contributed by atoms with Crippen LogP contribution in [-0.2, 0) is 16.1 Å². The van der Waals surface area contributed by atoms with Crippen molar-refractivity contribution in [3.63, 3.8) is 0 Å². The molecule has 0 aliphatic carbocycles. The smallest absolute Gasteiger partial charge is 0.242 e. The molecule has 5 heterocycles. The predicted octanol–water partition coefficient (Wildman–Crippen LogP) is 4.81. The summed E-state index contributed by atoms with van der Waals surface area (Å²) in [7, 11) is 0. The van der Waals surface area contributed by atoms with Crippen molar-refractivity contribution in [3.05, 3.63) is 41.9 Å². The first-order chi connectivity index (χ1) is 20.6. The predicted molar refractivity (Wildman–Crippen MR) is 161 cm³/mol. The van der Waals surface area contributed by atoms with E-state index >= 15 is 0 Å². The Labute approximate surface area is 248 Å². The van der Waals surface area contributed by atoms with Crippen LogP contribution in [0.5, 0.6) is 5.75 Å². The summed E-state index contributed by atoms with van der Waals surface area (Å²) < 4.78 is 13.5. The first-order valence-corrected chi connectivity index (χ1v) is 15.7. The van der Waals surface area contributed by atoms with E-state index in [-0.39, 0.29) is 18.3 Å². The summed E-state index contributed by atoms with van der Waals surface area (Å²) in [5, 5.41) is 10.6. The molecule has 6 rings (SSSR count). The van der Waals surface area contributed by atoms with Crippen molar-refractivity contribution in [1.29, 1.82) is 5.26 Å². The number of piperidine rings is 1. The van der Waals surface area contributed by atoms with Crippen LogP contribution in [-0.4, -0.2) is 82.8 Å². The summed E-state index contributed by atoms with van der Waals surface area (Å²) in [6.07, 6.45) is 9.90. The van der Waals surface area contributed by atoms with Gasteiger partial charge in [-0.3, -0.25) is 4.79 Å². The Kier molecular flexibility index (Phi) is 9.01. The summed E-state index contributed by atoms with van der Waals surface area (Å²) in [5.41, 5.74) is 3.23. The largest absolute Gasteiger partial charge is 0.493 e. The molecule has 3 aliphatic heterocycles. The van der Waals surface area contributed by atoms with Gasteiger partial charge in [-0.2, -0.15) is 5.26 Å². The van der Waals surface area contributed by atoms with Crippen molar-refractivity contribution in [1.82, 2.24) is 24.3 Å². The molecule has 9 heteroatoms. The molecular weight excluding hydrogens is 528 g/mol. The second-order valence-electron chi connectivity index (χ2n) is 12.2. The summed E-state index contributed by atoms with van der Waals surface area (Å²) in [5.74, 6) is 2.41. The van der Waals surface area contributed by atoms with Gasteiger partial charge in [-0.05, 0) is 107 Å². The van der Waals surface area contributed by atoms with Crippen molar-refractivity contribution in [2.75, 3.05) is 52.5 Å². The average molecular weight is 571 g/mol. The minimum atomic E-state index is 0.0991. The van der Waals surface area contributed by atoms with Crippen LogP contribution in [0.25, 0.3) is 22.3 Å². The molecule has 3 fully saturated rings. The minimum Gasteiger partial charge on any atom is -0.493 e. The topological polar surface area (TPSA) is 96.5 Å². The number of rotatable bonds is 9. The average Bonchev–Trinajstić information content (AvgIpc) is 3.68. The summed E-state index contributed by atoms with van der Waals surface area (Å²) >= 11 is 0. The number of amides is 1. The highest BCUT2D eigenvalue weighted by Gasteiger charge is 2.26. The van der Waals surface area contributed by atoms with Crippen LogP contribution in [0.2, 0.25) is 0 Å². The van der Waals surface area contributed by atoms with Gasteiger partial charge in [-0.25, -0.2) is 9.97 Å². The van der Waals surface area contributed by atoms with E-state index in [1.807, 2.05) is 40.8 Å². The molecule has 3 aromatic rings. The zero-order valence-electron chi connectivity index (χ0n) is 24.8. The van der Waals surface area contributed by atoms with Crippen LogP contribution >= 0.6 is 0 Å².